The average Bonchev–Trinajstić information content (AvgIpc) is 2.15. The van der Waals surface area contributed by atoms with Crippen LogP contribution < -0.4 is 4.74 Å². The highest BCUT2D eigenvalue weighted by molar-refractivity contribution is 6.34. The van der Waals surface area contributed by atoms with Crippen LogP contribution in [-0.2, 0) is 0 Å². The van der Waals surface area contributed by atoms with Crippen LogP contribution >= 0.6 is 11.6 Å². The largest absolute Gasteiger partial charge is 0.485 e. The lowest BCUT2D eigenvalue weighted by Gasteiger charge is -2.32. The molecule has 1 N–H and O–H groups in total. The molecule has 1 aromatic heterocycles. The molecule has 4 nitrogen and oxygen atoms in total. The smallest absolute Gasteiger partial charge is 0.149 e. The first-order chi connectivity index (χ1) is 7.03. The van der Waals surface area contributed by atoms with E-state index in [1.54, 1.807) is 6.20 Å². The van der Waals surface area contributed by atoms with Gasteiger partial charge in [-0.3, -0.25) is 4.98 Å². The van der Waals surface area contributed by atoms with Gasteiger partial charge in [0.2, 0.25) is 0 Å². The van der Waals surface area contributed by atoms with Gasteiger partial charge in [0.15, 0.2) is 0 Å². The van der Waals surface area contributed by atoms with E-state index in [9.17, 15) is 0 Å². The zero-order valence-corrected chi connectivity index (χ0v) is 9.25. The van der Waals surface area contributed by atoms with Gasteiger partial charge in [-0.2, -0.15) is 0 Å². The van der Waals surface area contributed by atoms with Crippen molar-refractivity contribution in [2.45, 2.75) is 25.9 Å². The van der Waals surface area contributed by atoms with E-state index < -0.39 is 5.60 Å². The number of hydrogen-bond acceptors (Lipinski definition) is 4. The number of pyridine rings is 1. The zero-order chi connectivity index (χ0) is 11.1. The van der Waals surface area contributed by atoms with Gasteiger partial charge in [-0.1, -0.05) is 16.8 Å². The molecule has 80 valence electrons. The Morgan fingerprint density at radius 2 is 2.27 bits per heavy atom. The summed E-state index contributed by atoms with van der Waals surface area (Å²) >= 11 is 5.97. The highest BCUT2D eigenvalue weighted by atomic mass is 35.5. The van der Waals surface area contributed by atoms with Crippen molar-refractivity contribution in [3.05, 3.63) is 23.0 Å². The molecular formula is C10H11ClN2O2. The summed E-state index contributed by atoms with van der Waals surface area (Å²) in [4.78, 5) is 3.94. The van der Waals surface area contributed by atoms with Crippen LogP contribution in [0.3, 0.4) is 0 Å². The lowest BCUT2D eigenvalue weighted by Crippen LogP contribution is -2.36. The van der Waals surface area contributed by atoms with Crippen molar-refractivity contribution >= 4 is 17.3 Å². The van der Waals surface area contributed by atoms with Gasteiger partial charge in [-0.15, -0.1) is 0 Å². The van der Waals surface area contributed by atoms with Crippen LogP contribution in [0, 0.1) is 0 Å². The number of nitrogens with zero attached hydrogens (tertiary/aromatic N) is 2. The number of ether oxygens (including phenoxy) is 1. The Morgan fingerprint density at radius 1 is 1.53 bits per heavy atom. The Bertz CT molecular complexity index is 429. The van der Waals surface area contributed by atoms with Crippen molar-refractivity contribution in [3.8, 4) is 5.75 Å². The second kappa shape index (κ2) is 3.38. The molecule has 0 fully saturated rings. The Balaban J connectivity index is 2.60. The summed E-state index contributed by atoms with van der Waals surface area (Å²) < 4.78 is 5.69. The molecular weight excluding hydrogens is 216 g/mol. The van der Waals surface area contributed by atoms with E-state index in [4.69, 9.17) is 21.5 Å². The maximum Gasteiger partial charge on any atom is 0.149 e. The van der Waals surface area contributed by atoms with E-state index in [0.29, 0.717) is 28.5 Å². The monoisotopic (exact) mass is 226 g/mol. The molecule has 15 heavy (non-hydrogen) atoms. The summed E-state index contributed by atoms with van der Waals surface area (Å²) in [5, 5.41) is 12.7. The van der Waals surface area contributed by atoms with Gasteiger partial charge < -0.3 is 9.94 Å². The normalized spacial score (nSPS) is 20.9. The van der Waals surface area contributed by atoms with Gasteiger partial charge in [0, 0.05) is 12.6 Å². The fourth-order valence-corrected chi connectivity index (χ4v) is 1.94. The molecule has 0 aliphatic carbocycles. The summed E-state index contributed by atoms with van der Waals surface area (Å²) in [5.41, 5.74) is 0.767. The number of hydrogen-bond donors (Lipinski definition) is 1. The molecule has 0 bridgehead atoms. The standard InChI is InChI=1S/C10H11ClN2O2/c1-10(2)3-7(13-14)9-6(11)4-12-5-8(9)15-10/h4-5,14H,3H2,1-2H3/b13-7+. The van der Waals surface area contributed by atoms with Crippen LogP contribution in [0.25, 0.3) is 0 Å². The van der Waals surface area contributed by atoms with E-state index in [2.05, 4.69) is 10.1 Å². The minimum Gasteiger partial charge on any atom is -0.485 e. The number of fused-ring (bicyclic) bond motifs is 1. The van der Waals surface area contributed by atoms with Gasteiger partial charge >= 0.3 is 0 Å². The van der Waals surface area contributed by atoms with Crippen molar-refractivity contribution in [3.63, 3.8) is 0 Å². The number of rotatable bonds is 0. The molecule has 0 aromatic carbocycles. The van der Waals surface area contributed by atoms with Crippen molar-refractivity contribution in [2.24, 2.45) is 5.16 Å². The van der Waals surface area contributed by atoms with E-state index in [1.807, 2.05) is 13.8 Å². The Hall–Kier alpha value is -1.29. The SMILES string of the molecule is CC1(C)C/C(=N\O)c2c(Cl)cncc2O1. The topological polar surface area (TPSA) is 54.7 Å². The summed E-state index contributed by atoms with van der Waals surface area (Å²) in [6, 6.07) is 0. The molecule has 1 aliphatic rings. The fraction of sp³-hybridized carbons (Fsp3) is 0.400. The van der Waals surface area contributed by atoms with Crippen LogP contribution in [-0.4, -0.2) is 21.5 Å². The predicted molar refractivity (Wildman–Crippen MR) is 56.9 cm³/mol. The van der Waals surface area contributed by atoms with E-state index in [-0.39, 0.29) is 0 Å². The van der Waals surface area contributed by atoms with Crippen LogP contribution in [0.5, 0.6) is 5.75 Å². The van der Waals surface area contributed by atoms with Gasteiger partial charge in [-0.05, 0) is 13.8 Å². The summed E-state index contributed by atoms with van der Waals surface area (Å²) in [5.74, 6) is 0.562. The summed E-state index contributed by atoms with van der Waals surface area (Å²) in [6.45, 7) is 3.84. The minimum atomic E-state index is -0.402. The highest BCUT2D eigenvalue weighted by Crippen LogP contribution is 2.36. The lowest BCUT2D eigenvalue weighted by molar-refractivity contribution is 0.109. The van der Waals surface area contributed by atoms with Crippen molar-refractivity contribution in [1.82, 2.24) is 4.98 Å². The Kier molecular flexibility index (Phi) is 2.31. The van der Waals surface area contributed by atoms with Gasteiger partial charge in [0.25, 0.3) is 0 Å². The first kappa shape index (κ1) is 10.2. The van der Waals surface area contributed by atoms with E-state index in [1.165, 1.54) is 6.20 Å². The summed E-state index contributed by atoms with van der Waals surface area (Å²) in [6.07, 6.45) is 3.60. The van der Waals surface area contributed by atoms with Crippen LogP contribution in [0.4, 0.5) is 0 Å². The minimum absolute atomic E-state index is 0.402. The molecule has 0 radical (unpaired) electrons. The zero-order valence-electron chi connectivity index (χ0n) is 8.49. The van der Waals surface area contributed by atoms with Crippen LogP contribution in [0.2, 0.25) is 5.02 Å². The third kappa shape index (κ3) is 1.77. The lowest BCUT2D eigenvalue weighted by atomic mass is 9.93. The van der Waals surface area contributed by atoms with Crippen LogP contribution in [0.15, 0.2) is 17.5 Å². The second-order valence-electron chi connectivity index (χ2n) is 4.08. The van der Waals surface area contributed by atoms with E-state index in [0.717, 1.165) is 0 Å². The predicted octanol–water partition coefficient (Wildman–Crippen LogP) is 2.47. The number of halogens is 1. The molecule has 0 atom stereocenters. The summed E-state index contributed by atoms with van der Waals surface area (Å²) in [7, 11) is 0. The molecule has 0 saturated heterocycles. The van der Waals surface area contributed by atoms with Gasteiger partial charge in [0.05, 0.1) is 22.5 Å². The third-order valence-electron chi connectivity index (χ3n) is 2.25. The molecule has 2 rings (SSSR count). The average molecular weight is 227 g/mol. The van der Waals surface area contributed by atoms with Crippen molar-refractivity contribution < 1.29 is 9.94 Å². The maximum absolute atomic E-state index is 8.95. The third-order valence-corrected chi connectivity index (χ3v) is 2.54. The van der Waals surface area contributed by atoms with Crippen LogP contribution in [0.1, 0.15) is 25.8 Å². The van der Waals surface area contributed by atoms with Crippen molar-refractivity contribution in [1.29, 1.82) is 0 Å². The van der Waals surface area contributed by atoms with E-state index >= 15 is 0 Å². The second-order valence-corrected chi connectivity index (χ2v) is 4.49. The quantitative estimate of drug-likeness (QED) is 0.546. The molecule has 0 saturated carbocycles. The first-order valence-electron chi connectivity index (χ1n) is 4.57. The Morgan fingerprint density at radius 3 is 2.93 bits per heavy atom. The Labute approximate surface area is 92.5 Å². The molecule has 1 aromatic rings. The molecule has 2 heterocycles. The number of aromatic nitrogens is 1. The van der Waals surface area contributed by atoms with Gasteiger partial charge in [-0.25, -0.2) is 0 Å². The molecule has 0 unspecified atom stereocenters. The molecule has 1 aliphatic heterocycles. The maximum atomic E-state index is 8.95. The first-order valence-corrected chi connectivity index (χ1v) is 4.95. The fourth-order valence-electron chi connectivity index (χ4n) is 1.69. The molecule has 0 amide bonds. The van der Waals surface area contributed by atoms with Gasteiger partial charge in [0.1, 0.15) is 11.4 Å². The highest BCUT2D eigenvalue weighted by Gasteiger charge is 2.33. The molecule has 0 spiro atoms. The molecule has 5 heteroatoms. The number of oxime groups is 1. The van der Waals surface area contributed by atoms with Crippen molar-refractivity contribution in [2.75, 3.05) is 0 Å².